The Kier molecular flexibility index (Phi) is 5.06. The summed E-state index contributed by atoms with van der Waals surface area (Å²) in [5, 5.41) is 3.85. The minimum absolute atomic E-state index is 0.0791. The monoisotopic (exact) mass is 351 g/mol. The van der Waals surface area contributed by atoms with Gasteiger partial charge >= 0.3 is 5.63 Å². The summed E-state index contributed by atoms with van der Waals surface area (Å²) in [7, 11) is 0. The summed E-state index contributed by atoms with van der Waals surface area (Å²) in [4.78, 5) is 23.3. The number of carbonyl (C=O) groups excluding carboxylic acids is 1. The maximum atomic E-state index is 11.8. The minimum Gasteiger partial charge on any atom is -0.482 e. The molecule has 128 valence electrons. The SMILES string of the molecule is Cc1cc(=O)oc2cc(OCC(=O)NCC3CCCO3)c(Cl)cc12. The van der Waals surface area contributed by atoms with Crippen LogP contribution in [-0.2, 0) is 9.53 Å². The van der Waals surface area contributed by atoms with Crippen molar-refractivity contribution < 1.29 is 18.7 Å². The third-order valence-electron chi connectivity index (χ3n) is 3.91. The molecule has 24 heavy (non-hydrogen) atoms. The largest absolute Gasteiger partial charge is 0.482 e. The van der Waals surface area contributed by atoms with Crippen LogP contribution in [0, 0.1) is 6.92 Å². The van der Waals surface area contributed by atoms with Crippen LogP contribution < -0.4 is 15.7 Å². The number of amides is 1. The quantitative estimate of drug-likeness (QED) is 0.837. The highest BCUT2D eigenvalue weighted by atomic mass is 35.5. The third-order valence-corrected chi connectivity index (χ3v) is 4.21. The zero-order valence-corrected chi connectivity index (χ0v) is 14.0. The zero-order valence-electron chi connectivity index (χ0n) is 13.3. The van der Waals surface area contributed by atoms with E-state index in [9.17, 15) is 9.59 Å². The van der Waals surface area contributed by atoms with Gasteiger partial charge in [-0.1, -0.05) is 11.6 Å². The van der Waals surface area contributed by atoms with Crippen molar-refractivity contribution in [3.63, 3.8) is 0 Å². The highest BCUT2D eigenvalue weighted by molar-refractivity contribution is 6.32. The molecule has 2 heterocycles. The molecule has 1 amide bonds. The van der Waals surface area contributed by atoms with Gasteiger partial charge in [-0.05, 0) is 31.4 Å². The summed E-state index contributed by atoms with van der Waals surface area (Å²) in [5.74, 6) is 0.0394. The van der Waals surface area contributed by atoms with Gasteiger partial charge in [0.05, 0.1) is 11.1 Å². The highest BCUT2D eigenvalue weighted by Gasteiger charge is 2.16. The summed E-state index contributed by atoms with van der Waals surface area (Å²) < 4.78 is 16.0. The van der Waals surface area contributed by atoms with Crippen molar-refractivity contribution in [1.82, 2.24) is 5.32 Å². The topological polar surface area (TPSA) is 77.8 Å². The number of hydrogen-bond donors (Lipinski definition) is 1. The molecule has 1 aliphatic rings. The van der Waals surface area contributed by atoms with Crippen LogP contribution in [0.4, 0.5) is 0 Å². The van der Waals surface area contributed by atoms with Gasteiger partial charge in [0.1, 0.15) is 11.3 Å². The molecule has 0 saturated carbocycles. The van der Waals surface area contributed by atoms with Crippen LogP contribution in [-0.4, -0.2) is 31.8 Å². The van der Waals surface area contributed by atoms with E-state index in [1.165, 1.54) is 12.1 Å². The molecule has 1 saturated heterocycles. The Labute approximate surface area is 143 Å². The Morgan fingerprint density at radius 1 is 1.42 bits per heavy atom. The summed E-state index contributed by atoms with van der Waals surface area (Å²) in [6, 6.07) is 4.59. The molecule has 3 rings (SSSR count). The molecule has 1 N–H and O–H groups in total. The molecule has 1 aromatic heterocycles. The molecule has 1 aliphatic heterocycles. The summed E-state index contributed by atoms with van der Waals surface area (Å²) >= 11 is 6.18. The van der Waals surface area contributed by atoms with Gasteiger partial charge in [0.2, 0.25) is 0 Å². The Hall–Kier alpha value is -2.05. The Morgan fingerprint density at radius 2 is 2.25 bits per heavy atom. The lowest BCUT2D eigenvalue weighted by molar-refractivity contribution is -0.123. The highest BCUT2D eigenvalue weighted by Crippen LogP contribution is 2.30. The number of halogens is 1. The maximum Gasteiger partial charge on any atom is 0.336 e. The molecule has 7 heteroatoms. The fraction of sp³-hybridized carbons (Fsp3) is 0.412. The van der Waals surface area contributed by atoms with E-state index in [2.05, 4.69) is 5.32 Å². The number of nitrogens with one attached hydrogen (secondary N) is 1. The van der Waals surface area contributed by atoms with E-state index in [1.807, 2.05) is 0 Å². The zero-order chi connectivity index (χ0) is 17.1. The molecule has 0 radical (unpaired) electrons. The molecular formula is C17H18ClNO5. The standard InChI is InChI=1S/C17H18ClNO5/c1-10-5-17(21)24-14-7-15(13(18)6-12(10)14)23-9-16(20)19-8-11-3-2-4-22-11/h5-7,11H,2-4,8-9H2,1H3,(H,19,20). The van der Waals surface area contributed by atoms with E-state index in [0.29, 0.717) is 22.9 Å². The lowest BCUT2D eigenvalue weighted by Gasteiger charge is -2.12. The van der Waals surface area contributed by atoms with E-state index in [1.54, 1.807) is 13.0 Å². The average Bonchev–Trinajstić information content (AvgIpc) is 3.05. The van der Waals surface area contributed by atoms with Gasteiger partial charge in [0.15, 0.2) is 6.61 Å². The molecule has 1 atom stereocenters. The molecule has 0 spiro atoms. The Morgan fingerprint density at radius 3 is 3.00 bits per heavy atom. The number of hydrogen-bond acceptors (Lipinski definition) is 5. The van der Waals surface area contributed by atoms with E-state index >= 15 is 0 Å². The summed E-state index contributed by atoms with van der Waals surface area (Å²) in [5.41, 5.74) is 0.700. The second-order valence-corrected chi connectivity index (χ2v) is 6.16. The molecule has 1 fully saturated rings. The van der Waals surface area contributed by atoms with E-state index < -0.39 is 5.63 Å². The Balaban J connectivity index is 1.65. The molecule has 1 aromatic carbocycles. The fourth-order valence-corrected chi connectivity index (χ4v) is 2.88. The van der Waals surface area contributed by atoms with Crippen molar-refractivity contribution in [3.05, 3.63) is 39.2 Å². The second-order valence-electron chi connectivity index (χ2n) is 5.76. The fourth-order valence-electron chi connectivity index (χ4n) is 2.66. The average molecular weight is 352 g/mol. The van der Waals surface area contributed by atoms with Crippen molar-refractivity contribution >= 4 is 28.5 Å². The van der Waals surface area contributed by atoms with Gasteiger partial charge in [-0.3, -0.25) is 4.79 Å². The molecule has 0 bridgehead atoms. The van der Waals surface area contributed by atoms with Gasteiger partial charge in [-0.15, -0.1) is 0 Å². The lowest BCUT2D eigenvalue weighted by atomic mass is 10.1. The molecule has 0 aliphatic carbocycles. The first-order chi connectivity index (χ1) is 11.5. The molecule has 2 aromatic rings. The number of fused-ring (bicyclic) bond motifs is 1. The van der Waals surface area contributed by atoms with Gasteiger partial charge in [0, 0.05) is 30.7 Å². The van der Waals surface area contributed by atoms with Crippen LogP contribution in [0.5, 0.6) is 5.75 Å². The van der Waals surface area contributed by atoms with E-state index in [0.717, 1.165) is 30.4 Å². The van der Waals surface area contributed by atoms with Crippen molar-refractivity contribution in [2.24, 2.45) is 0 Å². The van der Waals surface area contributed by atoms with Gasteiger partial charge in [0.25, 0.3) is 5.91 Å². The van der Waals surface area contributed by atoms with Gasteiger partial charge < -0.3 is 19.2 Å². The number of rotatable bonds is 5. The number of ether oxygens (including phenoxy) is 2. The second kappa shape index (κ2) is 7.23. The smallest absolute Gasteiger partial charge is 0.336 e. The van der Waals surface area contributed by atoms with Gasteiger partial charge in [-0.25, -0.2) is 4.79 Å². The predicted molar refractivity (Wildman–Crippen MR) is 89.7 cm³/mol. The van der Waals surface area contributed by atoms with E-state index in [-0.39, 0.29) is 18.6 Å². The van der Waals surface area contributed by atoms with Crippen LogP contribution in [0.2, 0.25) is 5.02 Å². The van der Waals surface area contributed by atoms with Crippen LogP contribution >= 0.6 is 11.6 Å². The van der Waals surface area contributed by atoms with Crippen molar-refractivity contribution in [2.45, 2.75) is 25.9 Å². The minimum atomic E-state index is -0.442. The van der Waals surface area contributed by atoms with Crippen LogP contribution in [0.3, 0.4) is 0 Å². The van der Waals surface area contributed by atoms with E-state index in [4.69, 9.17) is 25.5 Å². The Bertz CT molecular complexity index is 810. The summed E-state index contributed by atoms with van der Waals surface area (Å²) in [6.45, 7) is 2.85. The van der Waals surface area contributed by atoms with Gasteiger partial charge in [-0.2, -0.15) is 0 Å². The summed E-state index contributed by atoms with van der Waals surface area (Å²) in [6.07, 6.45) is 2.06. The third kappa shape index (κ3) is 3.88. The van der Waals surface area contributed by atoms with Crippen LogP contribution in [0.1, 0.15) is 18.4 Å². The lowest BCUT2D eigenvalue weighted by Crippen LogP contribution is -2.35. The van der Waals surface area contributed by atoms with Crippen molar-refractivity contribution in [2.75, 3.05) is 19.8 Å². The normalized spacial score (nSPS) is 17.2. The van der Waals surface area contributed by atoms with Crippen molar-refractivity contribution in [1.29, 1.82) is 0 Å². The van der Waals surface area contributed by atoms with Crippen molar-refractivity contribution in [3.8, 4) is 5.75 Å². The first-order valence-corrected chi connectivity index (χ1v) is 8.16. The van der Waals surface area contributed by atoms with Crippen LogP contribution in [0.15, 0.2) is 27.4 Å². The number of aryl methyl sites for hydroxylation is 1. The first-order valence-electron chi connectivity index (χ1n) is 7.78. The molecular weight excluding hydrogens is 334 g/mol. The number of carbonyl (C=O) groups is 1. The molecule has 1 unspecified atom stereocenters. The van der Waals surface area contributed by atoms with Crippen LogP contribution in [0.25, 0.3) is 11.0 Å². The molecule has 6 nitrogen and oxygen atoms in total. The predicted octanol–water partition coefficient (Wildman–Crippen LogP) is 2.43. The first kappa shape index (κ1) is 16.8. The maximum absolute atomic E-state index is 11.8. The number of benzene rings is 1.